The number of hydrogen-bond acceptors (Lipinski definition) is 2. The fourth-order valence-electron chi connectivity index (χ4n) is 2.93. The molecule has 0 unspecified atom stereocenters. The van der Waals surface area contributed by atoms with Crippen LogP contribution in [0.1, 0.15) is 25.3 Å². The van der Waals surface area contributed by atoms with Gasteiger partial charge in [0.2, 0.25) is 0 Å². The van der Waals surface area contributed by atoms with E-state index in [1.807, 2.05) is 6.20 Å². The normalized spacial score (nSPS) is 11.0. The number of aromatic nitrogens is 1. The van der Waals surface area contributed by atoms with Crippen molar-refractivity contribution in [1.29, 1.82) is 0 Å². The average Bonchev–Trinajstić information content (AvgIpc) is 2.70. The minimum Gasteiger partial charge on any atom is -0.381 e. The number of ether oxygens (including phenoxy) is 1. The molecule has 0 saturated carbocycles. The quantitative estimate of drug-likeness (QED) is 0.420. The minimum atomic E-state index is -0.629. The van der Waals surface area contributed by atoms with Crippen LogP contribution < -0.4 is 16.0 Å². The minimum absolute atomic E-state index is 0.629. The first kappa shape index (κ1) is 18.8. The van der Waals surface area contributed by atoms with Gasteiger partial charge in [-0.25, -0.2) is 0 Å². The van der Waals surface area contributed by atoms with Crippen LogP contribution in [0.2, 0.25) is 0 Å². The Morgan fingerprint density at radius 3 is 2.12 bits per heavy atom. The zero-order valence-corrected chi connectivity index (χ0v) is 16.2. The second-order valence-corrected chi connectivity index (χ2v) is 8.41. The third kappa shape index (κ3) is 5.24. The topological polar surface area (TPSA) is 22.1 Å². The van der Waals surface area contributed by atoms with Gasteiger partial charge in [-0.1, -0.05) is 67.6 Å². The predicted molar refractivity (Wildman–Crippen MR) is 112 cm³/mol. The second-order valence-electron chi connectivity index (χ2n) is 6.24. The summed E-state index contributed by atoms with van der Waals surface area (Å²) in [5.74, 6) is 0. The molecule has 2 aromatic carbocycles. The third-order valence-electron chi connectivity index (χ3n) is 4.17. The highest BCUT2D eigenvalue weighted by Gasteiger charge is 2.17. The number of benzene rings is 2. The largest absolute Gasteiger partial charge is 0.381 e. The Morgan fingerprint density at radius 1 is 0.846 bits per heavy atom. The van der Waals surface area contributed by atoms with E-state index < -0.39 is 7.92 Å². The van der Waals surface area contributed by atoms with Crippen molar-refractivity contribution in [2.75, 3.05) is 13.2 Å². The fourth-order valence-corrected chi connectivity index (χ4v) is 5.18. The van der Waals surface area contributed by atoms with Gasteiger partial charge in [0.15, 0.2) is 0 Å². The van der Waals surface area contributed by atoms with E-state index in [4.69, 9.17) is 9.72 Å². The van der Waals surface area contributed by atoms with Crippen molar-refractivity contribution in [3.05, 3.63) is 84.6 Å². The molecular formula is C23H26NOP. The predicted octanol–water partition coefficient (Wildman–Crippen LogP) is 4.20. The van der Waals surface area contributed by atoms with Crippen molar-refractivity contribution in [3.8, 4) is 0 Å². The number of pyridine rings is 1. The maximum atomic E-state index is 5.61. The van der Waals surface area contributed by atoms with Gasteiger partial charge in [0, 0.05) is 27.3 Å². The van der Waals surface area contributed by atoms with Crippen LogP contribution in [0.25, 0.3) is 0 Å². The number of rotatable bonds is 9. The Kier molecular flexibility index (Phi) is 7.37. The summed E-state index contributed by atoms with van der Waals surface area (Å²) in [7, 11) is -0.629. The average molecular weight is 363 g/mol. The smallest absolute Gasteiger partial charge is 0.0723 e. The van der Waals surface area contributed by atoms with E-state index >= 15 is 0 Å². The lowest BCUT2D eigenvalue weighted by molar-refractivity contribution is 0.132. The van der Waals surface area contributed by atoms with Crippen molar-refractivity contribution in [3.63, 3.8) is 0 Å². The van der Waals surface area contributed by atoms with Gasteiger partial charge < -0.3 is 4.74 Å². The van der Waals surface area contributed by atoms with Crippen LogP contribution >= 0.6 is 7.92 Å². The molecule has 26 heavy (non-hydrogen) atoms. The van der Waals surface area contributed by atoms with Gasteiger partial charge in [-0.3, -0.25) is 4.98 Å². The summed E-state index contributed by atoms with van der Waals surface area (Å²) in [5.41, 5.74) is 2.51. The summed E-state index contributed by atoms with van der Waals surface area (Å²) in [6, 6.07) is 25.9. The molecule has 0 spiro atoms. The number of hydrogen-bond donors (Lipinski definition) is 0. The Labute approximate surface area is 158 Å². The first-order valence-electron chi connectivity index (χ1n) is 9.31. The molecule has 134 valence electrons. The van der Waals surface area contributed by atoms with Crippen LogP contribution in [0.4, 0.5) is 0 Å². The van der Waals surface area contributed by atoms with Crippen molar-refractivity contribution < 1.29 is 4.74 Å². The van der Waals surface area contributed by atoms with Crippen LogP contribution in [0.5, 0.6) is 0 Å². The van der Waals surface area contributed by atoms with E-state index in [-0.39, 0.29) is 0 Å². The zero-order chi connectivity index (χ0) is 18.0. The van der Waals surface area contributed by atoms with Crippen LogP contribution in [-0.2, 0) is 11.2 Å². The molecule has 0 saturated heterocycles. The molecule has 3 aromatic rings. The van der Waals surface area contributed by atoms with Crippen molar-refractivity contribution >= 4 is 24.0 Å². The highest BCUT2D eigenvalue weighted by atomic mass is 31.1. The summed E-state index contributed by atoms with van der Waals surface area (Å²) in [5, 5.41) is 2.68. The Morgan fingerprint density at radius 2 is 1.50 bits per heavy atom. The van der Waals surface area contributed by atoms with E-state index in [2.05, 4.69) is 79.7 Å². The Bertz CT molecular complexity index is 737. The van der Waals surface area contributed by atoms with Crippen LogP contribution in [-0.4, -0.2) is 18.2 Å². The van der Waals surface area contributed by atoms with E-state index in [0.717, 1.165) is 32.5 Å². The first-order chi connectivity index (χ1) is 12.9. The molecule has 1 aromatic heterocycles. The summed E-state index contributed by atoms with van der Waals surface area (Å²) in [6.07, 6.45) is 5.13. The van der Waals surface area contributed by atoms with Gasteiger partial charge in [0.05, 0.1) is 5.44 Å². The van der Waals surface area contributed by atoms with Gasteiger partial charge in [-0.15, -0.1) is 0 Å². The molecule has 0 fully saturated rings. The van der Waals surface area contributed by atoms with Gasteiger partial charge in [-0.2, -0.15) is 0 Å². The van der Waals surface area contributed by atoms with E-state index in [1.54, 1.807) is 0 Å². The molecule has 0 aliphatic heterocycles. The highest BCUT2D eigenvalue weighted by molar-refractivity contribution is 7.79. The molecule has 0 amide bonds. The first-order valence-corrected chi connectivity index (χ1v) is 10.7. The molecule has 0 atom stereocenters. The van der Waals surface area contributed by atoms with Crippen molar-refractivity contribution in [2.24, 2.45) is 0 Å². The lowest BCUT2D eigenvalue weighted by Gasteiger charge is -2.18. The highest BCUT2D eigenvalue weighted by Crippen LogP contribution is 2.31. The van der Waals surface area contributed by atoms with Gasteiger partial charge in [0.25, 0.3) is 0 Å². The van der Waals surface area contributed by atoms with E-state index in [0.29, 0.717) is 0 Å². The van der Waals surface area contributed by atoms with Crippen LogP contribution in [0, 0.1) is 0 Å². The molecule has 3 heteroatoms. The molecule has 0 aliphatic rings. The molecule has 0 bridgehead atoms. The fraction of sp³-hybridized carbons (Fsp3) is 0.261. The molecular weight excluding hydrogens is 337 g/mol. The molecule has 2 nitrogen and oxygen atoms in total. The van der Waals surface area contributed by atoms with Gasteiger partial charge >= 0.3 is 0 Å². The molecule has 1 heterocycles. The zero-order valence-electron chi connectivity index (χ0n) is 15.3. The molecule has 0 N–H and O–H groups in total. The number of aryl methyl sites for hydroxylation is 1. The lowest BCUT2D eigenvalue weighted by atomic mass is 10.1. The molecule has 0 aliphatic carbocycles. The summed E-state index contributed by atoms with van der Waals surface area (Å²) in [6.45, 7) is 3.83. The number of nitrogens with zero attached hydrogens (tertiary/aromatic N) is 1. The summed E-state index contributed by atoms with van der Waals surface area (Å²) < 4.78 is 5.61. The van der Waals surface area contributed by atoms with Gasteiger partial charge in [-0.05, 0) is 47.6 Å². The maximum Gasteiger partial charge on any atom is 0.0723 e. The third-order valence-corrected chi connectivity index (χ3v) is 6.50. The van der Waals surface area contributed by atoms with Crippen molar-refractivity contribution in [1.82, 2.24) is 4.98 Å². The monoisotopic (exact) mass is 363 g/mol. The Hall–Kier alpha value is -2.02. The summed E-state index contributed by atoms with van der Waals surface area (Å²) in [4.78, 5) is 4.75. The molecule has 3 rings (SSSR count). The van der Waals surface area contributed by atoms with Crippen molar-refractivity contribution in [2.45, 2.75) is 26.2 Å². The lowest BCUT2D eigenvalue weighted by Crippen LogP contribution is -2.23. The van der Waals surface area contributed by atoms with Crippen LogP contribution in [0.3, 0.4) is 0 Å². The second kappa shape index (κ2) is 10.2. The van der Waals surface area contributed by atoms with E-state index in [9.17, 15) is 0 Å². The van der Waals surface area contributed by atoms with Crippen LogP contribution in [0.15, 0.2) is 79.0 Å². The Balaban J connectivity index is 1.82. The SMILES string of the molecule is CCCOCCCc1ccnc(P(c2ccccc2)c2ccccc2)c1. The van der Waals surface area contributed by atoms with Gasteiger partial charge in [0.1, 0.15) is 0 Å². The molecule has 0 radical (unpaired) electrons. The summed E-state index contributed by atoms with van der Waals surface area (Å²) >= 11 is 0. The standard InChI is InChI=1S/C23H26NOP/c1-2-17-25-18-9-10-20-15-16-24-23(19-20)26(21-11-5-3-6-12-21)22-13-7-4-8-14-22/h3-8,11-16,19H,2,9-10,17-18H2,1H3. The maximum absolute atomic E-state index is 5.61. The van der Waals surface area contributed by atoms with E-state index in [1.165, 1.54) is 21.6 Å².